The number of aryl methyl sites for hydroxylation is 1. The summed E-state index contributed by atoms with van der Waals surface area (Å²) in [5.41, 5.74) is 3.33. The van der Waals surface area contributed by atoms with Crippen molar-refractivity contribution in [3.63, 3.8) is 0 Å². The van der Waals surface area contributed by atoms with Crippen molar-refractivity contribution in [1.82, 2.24) is 24.7 Å². The highest BCUT2D eigenvalue weighted by molar-refractivity contribution is 5.57. The molecule has 0 saturated heterocycles. The van der Waals surface area contributed by atoms with Crippen LogP contribution in [0.2, 0.25) is 0 Å². The summed E-state index contributed by atoms with van der Waals surface area (Å²) in [6.45, 7) is 8.63. The summed E-state index contributed by atoms with van der Waals surface area (Å²) in [6.07, 6.45) is 1.66. The number of aromatic nitrogens is 5. The molecule has 114 valence electrons. The number of hydrogen-bond acceptors (Lipinski definition) is 7. The minimum Gasteiger partial charge on any atom is -0.362 e. The van der Waals surface area contributed by atoms with Gasteiger partial charge < -0.3 is 15.3 Å². The molecular formula is C13H22N8. The molecular weight excluding hydrogens is 268 g/mol. The number of hydrogen-bond donors (Lipinski definition) is 3. The van der Waals surface area contributed by atoms with Crippen LogP contribution in [0, 0.1) is 6.92 Å². The van der Waals surface area contributed by atoms with Gasteiger partial charge in [0.15, 0.2) is 5.82 Å². The lowest BCUT2D eigenvalue weighted by Gasteiger charge is -2.20. The van der Waals surface area contributed by atoms with E-state index >= 15 is 0 Å². The van der Waals surface area contributed by atoms with E-state index in [1.165, 1.54) is 0 Å². The molecule has 0 aliphatic carbocycles. The quantitative estimate of drug-likeness (QED) is 0.572. The zero-order valence-electron chi connectivity index (χ0n) is 13.1. The molecule has 4 N–H and O–H groups in total. The highest BCUT2D eigenvalue weighted by Gasteiger charge is 2.21. The van der Waals surface area contributed by atoms with Crippen LogP contribution in [0.5, 0.6) is 0 Å². The van der Waals surface area contributed by atoms with Gasteiger partial charge in [0, 0.05) is 18.0 Å². The van der Waals surface area contributed by atoms with Crippen LogP contribution in [0.1, 0.15) is 38.0 Å². The van der Waals surface area contributed by atoms with Gasteiger partial charge in [-0.1, -0.05) is 20.8 Å². The smallest absolute Gasteiger partial charge is 0.151 e. The molecule has 0 amide bonds. The number of nitrogen functional groups attached to an aromatic ring is 1. The average Bonchev–Trinajstić information content (AvgIpc) is 2.82. The number of nitrogens with zero attached hydrogens (tertiary/aromatic N) is 5. The van der Waals surface area contributed by atoms with Crippen molar-refractivity contribution in [3.05, 3.63) is 23.5 Å². The molecule has 2 heterocycles. The predicted molar refractivity (Wildman–Crippen MR) is 81.6 cm³/mol. The van der Waals surface area contributed by atoms with Gasteiger partial charge in [-0.15, -0.1) is 10.2 Å². The monoisotopic (exact) mass is 290 g/mol. The first kappa shape index (κ1) is 15.2. The number of hydrazine groups is 1. The molecule has 0 aliphatic rings. The summed E-state index contributed by atoms with van der Waals surface area (Å²) in [5.74, 6) is 8.46. The van der Waals surface area contributed by atoms with Crippen LogP contribution in [0.4, 0.5) is 11.6 Å². The molecule has 0 unspecified atom stereocenters. The Hall–Kier alpha value is -2.22. The summed E-state index contributed by atoms with van der Waals surface area (Å²) >= 11 is 0. The third kappa shape index (κ3) is 3.27. The SMILES string of the molecule is Cc1c(NN)nc(C(C)(C)C)nc1NCc1nncn1C. The molecule has 0 fully saturated rings. The highest BCUT2D eigenvalue weighted by atomic mass is 15.3. The highest BCUT2D eigenvalue weighted by Crippen LogP contribution is 2.25. The predicted octanol–water partition coefficient (Wildman–Crippen LogP) is 1.11. The zero-order chi connectivity index (χ0) is 15.6. The zero-order valence-corrected chi connectivity index (χ0v) is 13.1. The van der Waals surface area contributed by atoms with Crippen molar-refractivity contribution < 1.29 is 0 Å². The van der Waals surface area contributed by atoms with Gasteiger partial charge in [0.2, 0.25) is 0 Å². The normalized spacial score (nSPS) is 11.5. The standard InChI is InChI=1S/C13H22N8/c1-8-10(15-6-9-20-16-7-21(9)5)17-12(13(2,3)4)18-11(8)19-14/h7H,6,14H2,1-5H3,(H2,15,17,18,19). The number of rotatable bonds is 4. The Labute approximate surface area is 124 Å². The lowest BCUT2D eigenvalue weighted by molar-refractivity contribution is 0.546. The second-order valence-electron chi connectivity index (χ2n) is 5.98. The summed E-state index contributed by atoms with van der Waals surface area (Å²) < 4.78 is 1.86. The van der Waals surface area contributed by atoms with Crippen molar-refractivity contribution in [2.24, 2.45) is 12.9 Å². The van der Waals surface area contributed by atoms with Crippen molar-refractivity contribution in [1.29, 1.82) is 0 Å². The van der Waals surface area contributed by atoms with Gasteiger partial charge in [-0.3, -0.25) is 0 Å². The molecule has 0 aliphatic heterocycles. The van der Waals surface area contributed by atoms with E-state index in [0.717, 1.165) is 23.0 Å². The molecule has 0 atom stereocenters. The molecule has 2 rings (SSSR count). The first-order chi connectivity index (χ1) is 9.82. The molecule has 0 saturated carbocycles. The van der Waals surface area contributed by atoms with Crippen LogP contribution in [-0.2, 0) is 19.0 Å². The Bertz CT molecular complexity index is 626. The first-order valence-electron chi connectivity index (χ1n) is 6.75. The van der Waals surface area contributed by atoms with E-state index in [1.54, 1.807) is 6.33 Å². The van der Waals surface area contributed by atoms with E-state index < -0.39 is 0 Å². The number of anilines is 2. The molecule has 2 aromatic heterocycles. The van der Waals surface area contributed by atoms with Gasteiger partial charge in [-0.2, -0.15) is 0 Å². The van der Waals surface area contributed by atoms with E-state index in [-0.39, 0.29) is 5.41 Å². The van der Waals surface area contributed by atoms with E-state index in [0.29, 0.717) is 12.4 Å². The van der Waals surface area contributed by atoms with Crippen molar-refractivity contribution in [2.75, 3.05) is 10.7 Å². The minimum absolute atomic E-state index is 0.166. The van der Waals surface area contributed by atoms with Crippen LogP contribution >= 0.6 is 0 Å². The number of nitrogens with two attached hydrogens (primary N) is 1. The third-order valence-corrected chi connectivity index (χ3v) is 3.17. The topological polar surface area (TPSA) is 107 Å². The maximum atomic E-state index is 5.55. The molecule has 0 radical (unpaired) electrons. The van der Waals surface area contributed by atoms with Crippen LogP contribution in [0.3, 0.4) is 0 Å². The maximum absolute atomic E-state index is 5.55. The lowest BCUT2D eigenvalue weighted by atomic mass is 9.95. The van der Waals surface area contributed by atoms with Crippen LogP contribution < -0.4 is 16.6 Å². The summed E-state index contributed by atoms with van der Waals surface area (Å²) in [7, 11) is 1.90. The molecule has 0 bridgehead atoms. The van der Waals surface area contributed by atoms with Gasteiger partial charge in [0.25, 0.3) is 0 Å². The van der Waals surface area contributed by atoms with Gasteiger partial charge in [-0.25, -0.2) is 15.8 Å². The number of nitrogens with one attached hydrogen (secondary N) is 2. The molecule has 8 heteroatoms. The van der Waals surface area contributed by atoms with Gasteiger partial charge in [0.05, 0.1) is 6.54 Å². The summed E-state index contributed by atoms with van der Waals surface area (Å²) in [6, 6.07) is 0. The van der Waals surface area contributed by atoms with Crippen LogP contribution in [0.15, 0.2) is 6.33 Å². The third-order valence-electron chi connectivity index (χ3n) is 3.17. The van der Waals surface area contributed by atoms with Gasteiger partial charge >= 0.3 is 0 Å². The molecule has 8 nitrogen and oxygen atoms in total. The van der Waals surface area contributed by atoms with Crippen LogP contribution in [0.25, 0.3) is 0 Å². The Morgan fingerprint density at radius 3 is 2.43 bits per heavy atom. The Morgan fingerprint density at radius 1 is 1.24 bits per heavy atom. The Balaban J connectivity index is 2.31. The van der Waals surface area contributed by atoms with Crippen molar-refractivity contribution in [3.8, 4) is 0 Å². The fraction of sp³-hybridized carbons (Fsp3) is 0.538. The fourth-order valence-corrected chi connectivity index (χ4v) is 1.79. The summed E-state index contributed by atoms with van der Waals surface area (Å²) in [4.78, 5) is 9.07. The first-order valence-corrected chi connectivity index (χ1v) is 6.75. The largest absolute Gasteiger partial charge is 0.362 e. The molecule has 21 heavy (non-hydrogen) atoms. The average molecular weight is 290 g/mol. The summed E-state index contributed by atoms with van der Waals surface area (Å²) in [5, 5.41) is 11.2. The van der Waals surface area contributed by atoms with Crippen molar-refractivity contribution >= 4 is 11.6 Å². The lowest BCUT2D eigenvalue weighted by Crippen LogP contribution is -2.21. The molecule has 0 aromatic carbocycles. The second-order valence-corrected chi connectivity index (χ2v) is 5.98. The minimum atomic E-state index is -0.166. The molecule has 2 aromatic rings. The van der Waals surface area contributed by atoms with Gasteiger partial charge in [-0.05, 0) is 6.92 Å². The second kappa shape index (κ2) is 5.65. The Morgan fingerprint density at radius 2 is 1.90 bits per heavy atom. The van der Waals surface area contributed by atoms with E-state index in [4.69, 9.17) is 5.84 Å². The fourth-order valence-electron chi connectivity index (χ4n) is 1.79. The van der Waals surface area contributed by atoms with E-state index in [2.05, 4.69) is 51.7 Å². The maximum Gasteiger partial charge on any atom is 0.151 e. The Kier molecular flexibility index (Phi) is 4.08. The van der Waals surface area contributed by atoms with E-state index in [9.17, 15) is 0 Å². The molecule has 0 spiro atoms. The van der Waals surface area contributed by atoms with E-state index in [1.807, 2.05) is 18.5 Å². The van der Waals surface area contributed by atoms with Crippen LogP contribution in [-0.4, -0.2) is 24.7 Å². The van der Waals surface area contributed by atoms with Gasteiger partial charge in [0.1, 0.15) is 23.8 Å². The van der Waals surface area contributed by atoms with Crippen molar-refractivity contribution in [2.45, 2.75) is 39.7 Å².